The van der Waals surface area contributed by atoms with E-state index in [1.54, 1.807) is 6.26 Å². The van der Waals surface area contributed by atoms with Crippen molar-refractivity contribution in [3.8, 4) is 0 Å². The first-order valence-electron chi connectivity index (χ1n) is 3.67. The van der Waals surface area contributed by atoms with Gasteiger partial charge in [0.05, 0.1) is 6.26 Å². The highest BCUT2D eigenvalue weighted by Gasteiger charge is 1.99. The van der Waals surface area contributed by atoms with E-state index >= 15 is 0 Å². The maximum atomic E-state index is 5.24. The fraction of sp³-hybridized carbons (Fsp3) is 0.111. The second-order valence-corrected chi connectivity index (χ2v) is 2.47. The molecular formula is C9H8BO. The third-order valence-electron chi connectivity index (χ3n) is 1.84. The van der Waals surface area contributed by atoms with Crippen LogP contribution in [0, 0.1) is 0 Å². The van der Waals surface area contributed by atoms with Crippen LogP contribution in [0.1, 0.15) is 0 Å². The van der Waals surface area contributed by atoms with E-state index in [0.29, 0.717) is 0 Å². The Balaban J connectivity index is 2.79. The standard InChI is InChI=1S/C9H8BO/c1-10-8-3-2-4-9-7(8)5-6-11-9/h2-6H,1H3. The van der Waals surface area contributed by atoms with Gasteiger partial charge in [-0.25, -0.2) is 0 Å². The lowest BCUT2D eigenvalue weighted by molar-refractivity contribution is 0.616. The average Bonchev–Trinajstić information content (AvgIpc) is 2.50. The van der Waals surface area contributed by atoms with Gasteiger partial charge in [0.1, 0.15) is 12.9 Å². The first kappa shape index (κ1) is 6.53. The second kappa shape index (κ2) is 2.46. The number of hydrogen-bond donors (Lipinski definition) is 0. The monoisotopic (exact) mass is 143 g/mol. The summed E-state index contributed by atoms with van der Waals surface area (Å²) in [5.74, 6) is 0. The Bertz CT molecular complexity index is 364. The average molecular weight is 143 g/mol. The molecule has 1 radical (unpaired) electrons. The van der Waals surface area contributed by atoms with Gasteiger partial charge >= 0.3 is 0 Å². The molecule has 2 heteroatoms. The van der Waals surface area contributed by atoms with Crippen LogP contribution < -0.4 is 5.46 Å². The smallest absolute Gasteiger partial charge is 0.149 e. The Labute approximate surface area is 66.3 Å². The molecular weight excluding hydrogens is 135 g/mol. The van der Waals surface area contributed by atoms with Crippen LogP contribution in [0.2, 0.25) is 6.82 Å². The van der Waals surface area contributed by atoms with E-state index in [-0.39, 0.29) is 0 Å². The molecule has 0 saturated heterocycles. The molecule has 11 heavy (non-hydrogen) atoms. The largest absolute Gasteiger partial charge is 0.464 e. The summed E-state index contributed by atoms with van der Waals surface area (Å²) in [7, 11) is 2.08. The van der Waals surface area contributed by atoms with Crippen molar-refractivity contribution < 1.29 is 4.42 Å². The van der Waals surface area contributed by atoms with Gasteiger partial charge in [-0.15, -0.1) is 0 Å². The summed E-state index contributed by atoms with van der Waals surface area (Å²) in [6, 6.07) is 8.05. The lowest BCUT2D eigenvalue weighted by Crippen LogP contribution is -2.09. The van der Waals surface area contributed by atoms with Gasteiger partial charge in [-0.1, -0.05) is 24.4 Å². The molecule has 0 aliphatic rings. The fourth-order valence-corrected chi connectivity index (χ4v) is 1.27. The second-order valence-electron chi connectivity index (χ2n) is 2.47. The van der Waals surface area contributed by atoms with Crippen molar-refractivity contribution in [2.24, 2.45) is 0 Å². The zero-order valence-electron chi connectivity index (χ0n) is 6.37. The van der Waals surface area contributed by atoms with Gasteiger partial charge < -0.3 is 4.42 Å². The molecule has 1 aromatic carbocycles. The molecule has 0 spiro atoms. The molecule has 0 aliphatic heterocycles. The summed E-state index contributed by atoms with van der Waals surface area (Å²) >= 11 is 0. The van der Waals surface area contributed by atoms with Crippen LogP contribution in [-0.4, -0.2) is 7.28 Å². The molecule has 0 bridgehead atoms. The van der Waals surface area contributed by atoms with Crippen molar-refractivity contribution in [1.29, 1.82) is 0 Å². The van der Waals surface area contributed by atoms with Crippen molar-refractivity contribution in [2.45, 2.75) is 6.82 Å². The molecule has 2 rings (SSSR count). The zero-order valence-corrected chi connectivity index (χ0v) is 6.37. The van der Waals surface area contributed by atoms with Crippen LogP contribution in [0.3, 0.4) is 0 Å². The van der Waals surface area contributed by atoms with Gasteiger partial charge in [-0.2, -0.15) is 0 Å². The number of fused-ring (bicyclic) bond motifs is 1. The Morgan fingerprint density at radius 2 is 2.18 bits per heavy atom. The Morgan fingerprint density at radius 1 is 1.27 bits per heavy atom. The summed E-state index contributed by atoms with van der Waals surface area (Å²) in [6.45, 7) is 2.03. The number of rotatable bonds is 1. The van der Waals surface area contributed by atoms with Crippen molar-refractivity contribution in [1.82, 2.24) is 0 Å². The van der Waals surface area contributed by atoms with Gasteiger partial charge in [0.15, 0.2) is 0 Å². The van der Waals surface area contributed by atoms with Crippen molar-refractivity contribution in [3.05, 3.63) is 30.5 Å². The Kier molecular flexibility index (Phi) is 1.46. The molecule has 0 fully saturated rings. The number of benzene rings is 1. The normalized spacial score (nSPS) is 10.3. The van der Waals surface area contributed by atoms with Gasteiger partial charge in [-0.05, 0) is 12.1 Å². The van der Waals surface area contributed by atoms with Crippen LogP contribution in [0.4, 0.5) is 0 Å². The van der Waals surface area contributed by atoms with Crippen LogP contribution in [0.5, 0.6) is 0 Å². The third-order valence-corrected chi connectivity index (χ3v) is 1.84. The molecule has 2 aromatic rings. The minimum absolute atomic E-state index is 0.959. The molecule has 1 nitrogen and oxygen atoms in total. The van der Waals surface area contributed by atoms with Crippen molar-refractivity contribution in [3.63, 3.8) is 0 Å². The predicted octanol–water partition coefficient (Wildman–Crippen LogP) is 1.81. The van der Waals surface area contributed by atoms with Crippen LogP contribution in [0.15, 0.2) is 34.9 Å². The van der Waals surface area contributed by atoms with Crippen molar-refractivity contribution >= 4 is 23.7 Å². The first-order valence-corrected chi connectivity index (χ1v) is 3.67. The Hall–Kier alpha value is -1.18. The summed E-state index contributed by atoms with van der Waals surface area (Å²) in [4.78, 5) is 0. The van der Waals surface area contributed by atoms with E-state index in [1.165, 1.54) is 10.8 Å². The minimum atomic E-state index is 0.959. The van der Waals surface area contributed by atoms with E-state index in [2.05, 4.69) is 13.3 Å². The van der Waals surface area contributed by atoms with E-state index in [4.69, 9.17) is 4.42 Å². The maximum Gasteiger partial charge on any atom is 0.149 e. The number of hydrogen-bond acceptors (Lipinski definition) is 1. The van der Waals surface area contributed by atoms with E-state index in [0.717, 1.165) is 5.58 Å². The molecule has 0 unspecified atom stereocenters. The van der Waals surface area contributed by atoms with E-state index in [1.807, 2.05) is 25.0 Å². The highest BCUT2D eigenvalue weighted by molar-refractivity contribution is 6.55. The molecule has 53 valence electrons. The molecule has 0 aliphatic carbocycles. The van der Waals surface area contributed by atoms with Crippen LogP contribution >= 0.6 is 0 Å². The molecule has 0 atom stereocenters. The first-order chi connectivity index (χ1) is 5.42. The fourth-order valence-electron chi connectivity index (χ4n) is 1.27. The Morgan fingerprint density at radius 3 is 3.00 bits per heavy atom. The van der Waals surface area contributed by atoms with E-state index < -0.39 is 0 Å². The zero-order chi connectivity index (χ0) is 7.68. The highest BCUT2D eigenvalue weighted by Crippen LogP contribution is 2.11. The van der Waals surface area contributed by atoms with Crippen molar-refractivity contribution in [2.75, 3.05) is 0 Å². The summed E-state index contributed by atoms with van der Waals surface area (Å²) in [6.07, 6.45) is 1.72. The molecule has 1 heterocycles. The lowest BCUT2D eigenvalue weighted by Gasteiger charge is -1.94. The van der Waals surface area contributed by atoms with Gasteiger partial charge in [-0.3, -0.25) is 0 Å². The van der Waals surface area contributed by atoms with Gasteiger partial charge in [0.2, 0.25) is 0 Å². The van der Waals surface area contributed by atoms with Gasteiger partial charge in [0.25, 0.3) is 0 Å². The van der Waals surface area contributed by atoms with Crippen LogP contribution in [-0.2, 0) is 0 Å². The summed E-state index contributed by atoms with van der Waals surface area (Å²) in [5, 5.41) is 1.19. The SMILES string of the molecule is C[B]c1cccc2occc12. The summed E-state index contributed by atoms with van der Waals surface area (Å²) in [5.41, 5.74) is 2.19. The molecule has 0 N–H and O–H groups in total. The minimum Gasteiger partial charge on any atom is -0.464 e. The molecule has 0 amide bonds. The quantitative estimate of drug-likeness (QED) is 0.554. The number of furan rings is 1. The molecule has 0 saturated carbocycles. The maximum absolute atomic E-state index is 5.24. The summed E-state index contributed by atoms with van der Waals surface area (Å²) < 4.78 is 5.24. The third kappa shape index (κ3) is 0.948. The highest BCUT2D eigenvalue weighted by atomic mass is 16.3. The van der Waals surface area contributed by atoms with E-state index in [9.17, 15) is 0 Å². The molecule has 1 aromatic heterocycles. The topological polar surface area (TPSA) is 13.1 Å². The van der Waals surface area contributed by atoms with Crippen LogP contribution in [0.25, 0.3) is 11.0 Å². The predicted molar refractivity (Wildman–Crippen MR) is 47.5 cm³/mol. The lowest BCUT2D eigenvalue weighted by atomic mass is 9.72. The van der Waals surface area contributed by atoms with Gasteiger partial charge in [0, 0.05) is 5.39 Å².